The van der Waals surface area contributed by atoms with E-state index in [4.69, 9.17) is 9.05 Å². The number of pyridine rings is 1. The first-order valence-electron chi connectivity index (χ1n) is 12.9. The van der Waals surface area contributed by atoms with Gasteiger partial charge in [-0.1, -0.05) is 51.0 Å². The van der Waals surface area contributed by atoms with E-state index in [2.05, 4.69) is 84.3 Å². The predicted molar refractivity (Wildman–Crippen MR) is 151 cm³/mol. The fourth-order valence-corrected chi connectivity index (χ4v) is 5.44. The first kappa shape index (κ1) is 31.1. The summed E-state index contributed by atoms with van der Waals surface area (Å²) in [5, 5.41) is 0. The molecule has 2 aromatic rings. The molecule has 1 heterocycles. The summed E-state index contributed by atoms with van der Waals surface area (Å²) in [6, 6.07) is 13.1. The molecule has 0 radical (unpaired) electrons. The first-order chi connectivity index (χ1) is 16.5. The van der Waals surface area contributed by atoms with E-state index in [1.165, 1.54) is 36.9 Å². The van der Waals surface area contributed by atoms with Gasteiger partial charge in [0, 0.05) is 37.3 Å². The van der Waals surface area contributed by atoms with Crippen LogP contribution in [-0.4, -0.2) is 32.5 Å². The fraction of sp³-hybridized carbons (Fsp3) is 0.517. The Balaban J connectivity index is 0.00000612. The molecule has 0 atom stereocenters. The van der Waals surface area contributed by atoms with Gasteiger partial charge in [-0.05, 0) is 49.9 Å². The first-order valence-corrected chi connectivity index (χ1v) is 14.7. The number of aryl methyl sites for hydroxylation is 1. The van der Waals surface area contributed by atoms with Gasteiger partial charge in [-0.25, -0.2) is 4.57 Å². The summed E-state index contributed by atoms with van der Waals surface area (Å²) in [7, 11) is -2.96. The molecule has 0 aliphatic rings. The lowest BCUT2D eigenvalue weighted by molar-refractivity contribution is -0.696. The van der Waals surface area contributed by atoms with Crippen LogP contribution >= 0.6 is 7.60 Å². The highest BCUT2D eigenvalue weighted by molar-refractivity contribution is 7.53. The van der Waals surface area contributed by atoms with Gasteiger partial charge in [0.1, 0.15) is 6.54 Å². The number of nitrogens with zero attached hydrogens (tertiary/aromatic N) is 2. The van der Waals surface area contributed by atoms with E-state index in [-0.39, 0.29) is 7.43 Å². The molecule has 0 spiro atoms. The van der Waals surface area contributed by atoms with Crippen molar-refractivity contribution >= 4 is 25.4 Å². The zero-order chi connectivity index (χ0) is 24.7. The molecule has 0 aliphatic heterocycles. The zero-order valence-corrected chi connectivity index (χ0v) is 23.5. The average Bonchev–Trinajstić information content (AvgIpc) is 2.84. The summed E-state index contributed by atoms with van der Waals surface area (Å²) in [6.45, 7) is 12.0. The van der Waals surface area contributed by atoms with E-state index in [1.54, 1.807) is 0 Å². The van der Waals surface area contributed by atoms with E-state index >= 15 is 0 Å². The Hall–Kier alpha value is -1.94. The topological polar surface area (TPSA) is 42.7 Å². The predicted octanol–water partition coefficient (Wildman–Crippen LogP) is 7.66. The Kier molecular flexibility index (Phi) is 15.5. The van der Waals surface area contributed by atoms with Crippen LogP contribution < -0.4 is 9.47 Å². The highest BCUT2D eigenvalue weighted by atomic mass is 31.2. The Bertz CT molecular complexity index is 864. The summed E-state index contributed by atoms with van der Waals surface area (Å²) >= 11 is 0. The van der Waals surface area contributed by atoms with Crippen LogP contribution in [0.25, 0.3) is 12.2 Å². The maximum atomic E-state index is 12.6. The molecule has 0 saturated heterocycles. The largest absolute Gasteiger partial charge is 0.372 e. The van der Waals surface area contributed by atoms with Gasteiger partial charge >= 0.3 is 7.60 Å². The Morgan fingerprint density at radius 3 is 1.80 bits per heavy atom. The molecule has 0 aliphatic carbocycles. The molecule has 0 fully saturated rings. The van der Waals surface area contributed by atoms with Crippen molar-refractivity contribution in [3.63, 3.8) is 0 Å². The van der Waals surface area contributed by atoms with Gasteiger partial charge < -0.3 is 21.4 Å². The van der Waals surface area contributed by atoms with Crippen LogP contribution in [0.4, 0.5) is 5.69 Å². The third kappa shape index (κ3) is 11.6. The molecule has 0 unspecified atom stereocenters. The van der Waals surface area contributed by atoms with Gasteiger partial charge in [0.15, 0.2) is 12.4 Å². The highest BCUT2D eigenvalue weighted by Gasteiger charge is 2.23. The molecule has 1 aromatic carbocycles. The van der Waals surface area contributed by atoms with E-state index < -0.39 is 7.60 Å². The molecule has 6 heteroatoms. The third-order valence-corrected chi connectivity index (χ3v) is 7.87. The van der Waals surface area contributed by atoms with Crippen molar-refractivity contribution in [2.45, 2.75) is 66.3 Å². The number of unbranched alkanes of at least 4 members (excludes halogenated alkanes) is 2. The van der Waals surface area contributed by atoms with Crippen molar-refractivity contribution in [2.75, 3.05) is 37.4 Å². The van der Waals surface area contributed by atoms with E-state index in [1.807, 2.05) is 13.8 Å². The molecule has 2 rings (SSSR count). The standard InChI is InChI=1S/C28H44N2O3P.CH3/c1-5-9-21-30(22-10-6-2)28-16-14-26(15-17-28)12-13-27-18-23-29(24-19-27)20-11-25-34(31,32-7-3)33-8-4;/h12-19,23-24H,5-11,20-22,25H2,1-4H3;1H3/q+1;-1. The lowest BCUT2D eigenvalue weighted by atomic mass is 10.1. The van der Waals surface area contributed by atoms with Gasteiger partial charge in [-0.3, -0.25) is 4.57 Å². The number of rotatable bonds is 17. The lowest BCUT2D eigenvalue weighted by Gasteiger charge is -2.24. The summed E-state index contributed by atoms with van der Waals surface area (Å²) in [4.78, 5) is 2.51. The van der Waals surface area contributed by atoms with Crippen LogP contribution in [0.3, 0.4) is 0 Å². The van der Waals surface area contributed by atoms with Crippen LogP contribution in [0.2, 0.25) is 0 Å². The summed E-state index contributed by atoms with van der Waals surface area (Å²) < 4.78 is 25.4. The number of benzene rings is 1. The molecular weight excluding hydrogens is 455 g/mol. The van der Waals surface area contributed by atoms with Crippen molar-refractivity contribution in [2.24, 2.45) is 0 Å². The monoisotopic (exact) mass is 502 g/mol. The molecule has 0 amide bonds. The summed E-state index contributed by atoms with van der Waals surface area (Å²) in [5.41, 5.74) is 3.68. The minimum atomic E-state index is -2.96. The van der Waals surface area contributed by atoms with Crippen molar-refractivity contribution in [1.82, 2.24) is 0 Å². The van der Waals surface area contributed by atoms with Gasteiger partial charge in [-0.15, -0.1) is 0 Å². The van der Waals surface area contributed by atoms with Crippen LogP contribution in [0.15, 0.2) is 48.8 Å². The summed E-state index contributed by atoms with van der Waals surface area (Å²) in [6.07, 6.45) is 14.5. The SMILES string of the molecule is CCCCN(CCCC)c1ccc(C=Cc2cc[n+](CCCP(=O)(OCC)OCC)cc2)cc1.[CH3-]. The smallest absolute Gasteiger partial charge is 0.330 e. The van der Waals surface area contributed by atoms with Crippen molar-refractivity contribution < 1.29 is 18.2 Å². The van der Waals surface area contributed by atoms with Crippen molar-refractivity contribution in [3.8, 4) is 0 Å². The quantitative estimate of drug-likeness (QED) is 0.127. The molecule has 0 bridgehead atoms. The highest BCUT2D eigenvalue weighted by Crippen LogP contribution is 2.48. The van der Waals surface area contributed by atoms with Gasteiger partial charge in [0.25, 0.3) is 0 Å². The fourth-order valence-electron chi connectivity index (χ4n) is 3.79. The van der Waals surface area contributed by atoms with Crippen LogP contribution in [0.1, 0.15) is 70.9 Å². The van der Waals surface area contributed by atoms with Crippen molar-refractivity contribution in [3.05, 3.63) is 67.3 Å². The second-order valence-electron chi connectivity index (χ2n) is 8.51. The molecule has 196 valence electrons. The lowest BCUT2D eigenvalue weighted by Crippen LogP contribution is -2.33. The molecular formula is C29H47N2O3P. The second-order valence-corrected chi connectivity index (χ2v) is 10.7. The van der Waals surface area contributed by atoms with Crippen LogP contribution in [0.5, 0.6) is 0 Å². The van der Waals surface area contributed by atoms with Gasteiger partial charge in [-0.2, -0.15) is 0 Å². The maximum Gasteiger partial charge on any atom is 0.330 e. The van der Waals surface area contributed by atoms with Gasteiger partial charge in [0.2, 0.25) is 0 Å². The zero-order valence-electron chi connectivity index (χ0n) is 22.6. The summed E-state index contributed by atoms with van der Waals surface area (Å²) in [5.74, 6) is 0. The maximum absolute atomic E-state index is 12.6. The van der Waals surface area contributed by atoms with Crippen molar-refractivity contribution in [1.29, 1.82) is 0 Å². The second kappa shape index (κ2) is 17.5. The normalized spacial score (nSPS) is 11.5. The minimum absolute atomic E-state index is 0. The number of anilines is 1. The van der Waals surface area contributed by atoms with Crippen LogP contribution in [-0.2, 0) is 20.2 Å². The van der Waals surface area contributed by atoms with E-state index in [9.17, 15) is 4.57 Å². The molecule has 0 saturated carbocycles. The Morgan fingerprint density at radius 1 is 0.800 bits per heavy atom. The minimum Gasteiger partial charge on any atom is -0.372 e. The number of aromatic nitrogens is 1. The molecule has 1 aromatic heterocycles. The average molecular weight is 503 g/mol. The number of hydrogen-bond acceptors (Lipinski definition) is 4. The molecule has 5 nitrogen and oxygen atoms in total. The van der Waals surface area contributed by atoms with Crippen LogP contribution in [0, 0.1) is 7.43 Å². The van der Waals surface area contributed by atoms with E-state index in [0.29, 0.717) is 19.4 Å². The third-order valence-electron chi connectivity index (χ3n) is 5.71. The Morgan fingerprint density at radius 2 is 1.31 bits per heavy atom. The van der Waals surface area contributed by atoms with E-state index in [0.717, 1.165) is 31.6 Å². The molecule has 35 heavy (non-hydrogen) atoms. The number of hydrogen-bond donors (Lipinski definition) is 0. The van der Waals surface area contributed by atoms with Gasteiger partial charge in [0.05, 0.1) is 19.4 Å². The Labute approximate surface area is 214 Å². The molecule has 0 N–H and O–H groups in total.